The molecule has 15 heavy (non-hydrogen) atoms. The van der Waals surface area contributed by atoms with Crippen LogP contribution in [0.3, 0.4) is 0 Å². The SMILES string of the molecule is C=C(CN(CC)CCOC)C(=O)OCC. The molecule has 4 heteroatoms. The Morgan fingerprint density at radius 1 is 1.40 bits per heavy atom. The molecule has 0 aromatic rings. The number of carbonyl (C=O) groups excluding carboxylic acids is 1. The molecule has 0 atom stereocenters. The van der Waals surface area contributed by atoms with Gasteiger partial charge in [-0.3, -0.25) is 4.90 Å². The van der Waals surface area contributed by atoms with E-state index in [2.05, 4.69) is 11.5 Å². The molecule has 0 rings (SSSR count). The average Bonchev–Trinajstić information content (AvgIpc) is 2.24. The molecule has 0 radical (unpaired) electrons. The van der Waals surface area contributed by atoms with E-state index in [1.165, 1.54) is 0 Å². The fourth-order valence-electron chi connectivity index (χ4n) is 1.14. The van der Waals surface area contributed by atoms with Crippen LogP contribution in [0.15, 0.2) is 12.2 Å². The largest absolute Gasteiger partial charge is 0.463 e. The Labute approximate surface area is 91.8 Å². The van der Waals surface area contributed by atoms with Crippen LogP contribution in [0.2, 0.25) is 0 Å². The molecule has 88 valence electrons. The normalized spacial score (nSPS) is 10.4. The molecule has 0 aliphatic carbocycles. The number of hydrogen-bond donors (Lipinski definition) is 0. The molecule has 0 amide bonds. The van der Waals surface area contributed by atoms with E-state index in [-0.39, 0.29) is 5.97 Å². The van der Waals surface area contributed by atoms with Gasteiger partial charge in [-0.1, -0.05) is 13.5 Å². The summed E-state index contributed by atoms with van der Waals surface area (Å²) in [6.45, 7) is 10.8. The van der Waals surface area contributed by atoms with Crippen molar-refractivity contribution in [3.8, 4) is 0 Å². The van der Waals surface area contributed by atoms with E-state index in [0.717, 1.165) is 13.1 Å². The number of carbonyl (C=O) groups is 1. The Morgan fingerprint density at radius 3 is 2.53 bits per heavy atom. The van der Waals surface area contributed by atoms with Crippen LogP contribution < -0.4 is 0 Å². The fraction of sp³-hybridized carbons (Fsp3) is 0.727. The Balaban J connectivity index is 3.94. The Hall–Kier alpha value is -0.870. The highest BCUT2D eigenvalue weighted by molar-refractivity contribution is 5.88. The first-order valence-electron chi connectivity index (χ1n) is 5.21. The van der Waals surface area contributed by atoms with Gasteiger partial charge in [0.1, 0.15) is 0 Å². The zero-order valence-corrected chi connectivity index (χ0v) is 9.91. The predicted octanol–water partition coefficient (Wildman–Crippen LogP) is 1.07. The van der Waals surface area contributed by atoms with Crippen molar-refractivity contribution in [2.75, 3.05) is 40.0 Å². The number of hydrogen-bond acceptors (Lipinski definition) is 4. The number of rotatable bonds is 8. The predicted molar refractivity (Wildman–Crippen MR) is 59.8 cm³/mol. The highest BCUT2D eigenvalue weighted by atomic mass is 16.5. The molecule has 0 fully saturated rings. The summed E-state index contributed by atoms with van der Waals surface area (Å²) in [6, 6.07) is 0. The maximum absolute atomic E-state index is 11.3. The van der Waals surface area contributed by atoms with Gasteiger partial charge in [0.2, 0.25) is 0 Å². The molecular weight excluding hydrogens is 194 g/mol. The smallest absolute Gasteiger partial charge is 0.334 e. The van der Waals surface area contributed by atoms with Gasteiger partial charge in [-0.05, 0) is 13.5 Å². The Bertz CT molecular complexity index is 204. The lowest BCUT2D eigenvalue weighted by Crippen LogP contribution is -2.31. The van der Waals surface area contributed by atoms with Crippen LogP contribution in [0.5, 0.6) is 0 Å². The molecule has 0 heterocycles. The average molecular weight is 215 g/mol. The van der Waals surface area contributed by atoms with E-state index in [1.807, 2.05) is 6.92 Å². The number of nitrogens with zero attached hydrogens (tertiary/aromatic N) is 1. The lowest BCUT2D eigenvalue weighted by molar-refractivity contribution is -0.138. The Morgan fingerprint density at radius 2 is 2.07 bits per heavy atom. The standard InChI is InChI=1S/C11H21NO3/c1-5-12(7-8-14-4)9-10(3)11(13)15-6-2/h3,5-9H2,1-2,4H3. The van der Waals surface area contributed by atoms with E-state index in [0.29, 0.717) is 25.3 Å². The van der Waals surface area contributed by atoms with Crippen LogP contribution in [0.25, 0.3) is 0 Å². The molecule has 0 bridgehead atoms. The summed E-state index contributed by atoms with van der Waals surface area (Å²) in [5, 5.41) is 0. The van der Waals surface area contributed by atoms with Crippen LogP contribution in [-0.2, 0) is 14.3 Å². The second-order valence-electron chi connectivity index (χ2n) is 3.19. The minimum absolute atomic E-state index is 0.312. The summed E-state index contributed by atoms with van der Waals surface area (Å²) >= 11 is 0. The van der Waals surface area contributed by atoms with Crippen molar-refractivity contribution in [2.24, 2.45) is 0 Å². The van der Waals surface area contributed by atoms with Crippen molar-refractivity contribution in [2.45, 2.75) is 13.8 Å². The lowest BCUT2D eigenvalue weighted by atomic mass is 10.3. The van der Waals surface area contributed by atoms with E-state index in [9.17, 15) is 4.79 Å². The molecule has 0 saturated heterocycles. The minimum atomic E-state index is -0.312. The van der Waals surface area contributed by atoms with E-state index in [4.69, 9.17) is 9.47 Å². The third-order valence-corrected chi connectivity index (χ3v) is 2.04. The third kappa shape index (κ3) is 6.25. The fourth-order valence-corrected chi connectivity index (χ4v) is 1.14. The van der Waals surface area contributed by atoms with Crippen LogP contribution in [0, 0.1) is 0 Å². The second-order valence-corrected chi connectivity index (χ2v) is 3.19. The summed E-state index contributed by atoms with van der Waals surface area (Å²) in [5.74, 6) is -0.312. The molecule has 4 nitrogen and oxygen atoms in total. The van der Waals surface area contributed by atoms with Gasteiger partial charge < -0.3 is 9.47 Å². The van der Waals surface area contributed by atoms with Gasteiger partial charge in [0, 0.05) is 25.8 Å². The molecule has 0 unspecified atom stereocenters. The van der Waals surface area contributed by atoms with Crippen LogP contribution in [0.4, 0.5) is 0 Å². The van der Waals surface area contributed by atoms with E-state index >= 15 is 0 Å². The van der Waals surface area contributed by atoms with Crippen LogP contribution >= 0.6 is 0 Å². The maximum atomic E-state index is 11.3. The number of methoxy groups -OCH3 is 1. The van der Waals surface area contributed by atoms with E-state index in [1.54, 1.807) is 14.0 Å². The number of esters is 1. The van der Waals surface area contributed by atoms with Gasteiger partial charge in [-0.2, -0.15) is 0 Å². The van der Waals surface area contributed by atoms with Crippen molar-refractivity contribution in [1.82, 2.24) is 4.90 Å². The zero-order chi connectivity index (χ0) is 11.7. The second kappa shape index (κ2) is 8.44. The summed E-state index contributed by atoms with van der Waals surface area (Å²) in [5.41, 5.74) is 0.495. The van der Waals surface area contributed by atoms with Gasteiger partial charge in [0.25, 0.3) is 0 Å². The van der Waals surface area contributed by atoms with Gasteiger partial charge in [-0.25, -0.2) is 4.79 Å². The van der Waals surface area contributed by atoms with Crippen molar-refractivity contribution < 1.29 is 14.3 Å². The highest BCUT2D eigenvalue weighted by Crippen LogP contribution is 1.99. The molecule has 0 aromatic carbocycles. The summed E-state index contributed by atoms with van der Waals surface area (Å²) < 4.78 is 9.83. The molecule has 0 aliphatic rings. The van der Waals surface area contributed by atoms with Gasteiger partial charge in [0.05, 0.1) is 13.2 Å². The maximum Gasteiger partial charge on any atom is 0.334 e. The molecule has 0 aliphatic heterocycles. The summed E-state index contributed by atoms with van der Waals surface area (Å²) in [7, 11) is 1.66. The molecular formula is C11H21NO3. The van der Waals surface area contributed by atoms with Crippen molar-refractivity contribution in [3.63, 3.8) is 0 Å². The lowest BCUT2D eigenvalue weighted by Gasteiger charge is -2.20. The zero-order valence-electron chi connectivity index (χ0n) is 9.91. The van der Waals surface area contributed by atoms with Crippen molar-refractivity contribution >= 4 is 5.97 Å². The summed E-state index contributed by atoms with van der Waals surface area (Å²) in [6.07, 6.45) is 0. The molecule has 0 N–H and O–H groups in total. The molecule has 0 saturated carbocycles. The number of ether oxygens (including phenoxy) is 2. The highest BCUT2D eigenvalue weighted by Gasteiger charge is 2.11. The Kier molecular flexibility index (Phi) is 7.95. The van der Waals surface area contributed by atoms with Gasteiger partial charge in [0.15, 0.2) is 0 Å². The minimum Gasteiger partial charge on any atom is -0.463 e. The first-order chi connectivity index (χ1) is 7.15. The van der Waals surface area contributed by atoms with E-state index < -0.39 is 0 Å². The van der Waals surface area contributed by atoms with Gasteiger partial charge in [-0.15, -0.1) is 0 Å². The molecule has 0 aromatic heterocycles. The van der Waals surface area contributed by atoms with Crippen molar-refractivity contribution in [1.29, 1.82) is 0 Å². The third-order valence-electron chi connectivity index (χ3n) is 2.04. The quantitative estimate of drug-likeness (QED) is 0.448. The van der Waals surface area contributed by atoms with Gasteiger partial charge >= 0.3 is 5.97 Å². The first-order valence-corrected chi connectivity index (χ1v) is 5.21. The topological polar surface area (TPSA) is 38.8 Å². The molecule has 0 spiro atoms. The monoisotopic (exact) mass is 215 g/mol. The first kappa shape index (κ1) is 14.1. The van der Waals surface area contributed by atoms with Crippen LogP contribution in [-0.4, -0.2) is 50.8 Å². The number of likely N-dealkylation sites (N-methyl/N-ethyl adjacent to an activating group) is 1. The summed E-state index contributed by atoms with van der Waals surface area (Å²) in [4.78, 5) is 13.4. The van der Waals surface area contributed by atoms with Crippen LogP contribution in [0.1, 0.15) is 13.8 Å². The van der Waals surface area contributed by atoms with Crippen molar-refractivity contribution in [3.05, 3.63) is 12.2 Å².